The fourth-order valence-electron chi connectivity index (χ4n) is 1.91. The summed E-state index contributed by atoms with van der Waals surface area (Å²) in [5.41, 5.74) is 1.02. The zero-order valence-corrected chi connectivity index (χ0v) is 10.2. The zero-order valence-electron chi connectivity index (χ0n) is 9.35. The van der Waals surface area contributed by atoms with Gasteiger partial charge in [-0.3, -0.25) is 9.97 Å². The lowest BCUT2D eigenvalue weighted by molar-refractivity contribution is 0.356. The van der Waals surface area contributed by atoms with E-state index in [1.165, 1.54) is 12.8 Å². The van der Waals surface area contributed by atoms with E-state index < -0.39 is 0 Å². The van der Waals surface area contributed by atoms with Gasteiger partial charge in [-0.15, -0.1) is 12.4 Å². The molecule has 0 aliphatic carbocycles. The molecule has 0 amide bonds. The van der Waals surface area contributed by atoms with Gasteiger partial charge in [0.1, 0.15) is 0 Å². The molecule has 5 heteroatoms. The molecule has 2 N–H and O–H groups in total. The predicted octanol–water partition coefficient (Wildman–Crippen LogP) is 0.988. The molecule has 1 saturated heterocycles. The third kappa shape index (κ3) is 4.43. The van der Waals surface area contributed by atoms with Gasteiger partial charge in [0.2, 0.25) is 0 Å². The average Bonchev–Trinajstić information content (AvgIpc) is 2.32. The molecular weight excluding hydrogens is 224 g/mol. The molecular formula is C11H19ClN4. The van der Waals surface area contributed by atoms with Gasteiger partial charge in [0.05, 0.1) is 5.69 Å². The first-order valence-corrected chi connectivity index (χ1v) is 5.61. The third-order valence-electron chi connectivity index (χ3n) is 2.81. The number of halogens is 1. The Morgan fingerprint density at radius 3 is 2.81 bits per heavy atom. The van der Waals surface area contributed by atoms with Crippen molar-refractivity contribution in [2.24, 2.45) is 5.92 Å². The van der Waals surface area contributed by atoms with Crippen LogP contribution in [-0.4, -0.2) is 29.6 Å². The van der Waals surface area contributed by atoms with Crippen LogP contribution in [0.25, 0.3) is 0 Å². The van der Waals surface area contributed by atoms with Crippen LogP contribution in [-0.2, 0) is 6.54 Å². The summed E-state index contributed by atoms with van der Waals surface area (Å²) in [6, 6.07) is 0. The van der Waals surface area contributed by atoms with Crippen molar-refractivity contribution in [1.29, 1.82) is 0 Å². The van der Waals surface area contributed by atoms with Crippen molar-refractivity contribution in [3.63, 3.8) is 0 Å². The lowest BCUT2D eigenvalue weighted by Crippen LogP contribution is -2.33. The van der Waals surface area contributed by atoms with Gasteiger partial charge in [-0.2, -0.15) is 0 Å². The summed E-state index contributed by atoms with van der Waals surface area (Å²) >= 11 is 0. The van der Waals surface area contributed by atoms with Crippen molar-refractivity contribution in [1.82, 2.24) is 20.6 Å². The first-order chi connectivity index (χ1) is 7.45. The number of hydrogen-bond acceptors (Lipinski definition) is 4. The molecule has 1 aromatic heterocycles. The summed E-state index contributed by atoms with van der Waals surface area (Å²) in [4.78, 5) is 8.26. The monoisotopic (exact) mass is 242 g/mol. The maximum Gasteiger partial charge on any atom is 0.0724 e. The normalized spacial score (nSPS) is 16.8. The Bertz CT molecular complexity index is 275. The zero-order chi connectivity index (χ0) is 10.3. The molecule has 0 atom stereocenters. The number of nitrogens with one attached hydrogen (secondary N) is 2. The molecule has 90 valence electrons. The van der Waals surface area contributed by atoms with E-state index in [0.29, 0.717) is 0 Å². The number of piperidine rings is 1. The highest BCUT2D eigenvalue weighted by Gasteiger charge is 2.11. The van der Waals surface area contributed by atoms with Crippen LogP contribution in [0.2, 0.25) is 0 Å². The lowest BCUT2D eigenvalue weighted by Gasteiger charge is -2.22. The highest BCUT2D eigenvalue weighted by Crippen LogP contribution is 2.09. The van der Waals surface area contributed by atoms with Gasteiger partial charge < -0.3 is 10.6 Å². The second kappa shape index (κ2) is 7.54. The van der Waals surface area contributed by atoms with Crippen molar-refractivity contribution in [3.05, 3.63) is 24.3 Å². The molecule has 1 aromatic rings. The molecule has 0 spiro atoms. The predicted molar refractivity (Wildman–Crippen MR) is 66.6 cm³/mol. The van der Waals surface area contributed by atoms with Crippen LogP contribution in [0.4, 0.5) is 0 Å². The van der Waals surface area contributed by atoms with Crippen molar-refractivity contribution in [2.75, 3.05) is 19.6 Å². The molecule has 4 nitrogen and oxygen atoms in total. The largest absolute Gasteiger partial charge is 0.317 e. The van der Waals surface area contributed by atoms with Gasteiger partial charge >= 0.3 is 0 Å². The Kier molecular flexibility index (Phi) is 6.30. The molecule has 0 bridgehead atoms. The van der Waals surface area contributed by atoms with Crippen molar-refractivity contribution in [2.45, 2.75) is 19.4 Å². The van der Waals surface area contributed by atoms with E-state index in [1.807, 2.05) is 6.20 Å². The van der Waals surface area contributed by atoms with Gasteiger partial charge in [-0.25, -0.2) is 0 Å². The smallest absolute Gasteiger partial charge is 0.0724 e. The minimum atomic E-state index is 0. The fraction of sp³-hybridized carbons (Fsp3) is 0.636. The number of nitrogens with zero attached hydrogens (tertiary/aromatic N) is 2. The molecule has 0 saturated carbocycles. The van der Waals surface area contributed by atoms with Crippen LogP contribution in [0.1, 0.15) is 18.5 Å². The Hall–Kier alpha value is -0.710. The summed E-state index contributed by atoms with van der Waals surface area (Å²) in [5, 5.41) is 6.81. The SMILES string of the molecule is Cl.c1cnc(CNCC2CCNCC2)cn1. The van der Waals surface area contributed by atoms with E-state index in [0.717, 1.165) is 37.8 Å². The van der Waals surface area contributed by atoms with Gasteiger partial charge in [0.15, 0.2) is 0 Å². The molecule has 1 aliphatic heterocycles. The van der Waals surface area contributed by atoms with E-state index in [1.54, 1.807) is 12.4 Å². The van der Waals surface area contributed by atoms with Crippen LogP contribution in [0, 0.1) is 5.92 Å². The summed E-state index contributed by atoms with van der Waals surface area (Å²) in [5.74, 6) is 0.822. The molecule has 0 aromatic carbocycles. The summed E-state index contributed by atoms with van der Waals surface area (Å²) < 4.78 is 0. The highest BCUT2D eigenvalue weighted by atomic mass is 35.5. The molecule has 0 unspecified atom stereocenters. The van der Waals surface area contributed by atoms with Crippen molar-refractivity contribution < 1.29 is 0 Å². The molecule has 16 heavy (non-hydrogen) atoms. The standard InChI is InChI=1S/C11H18N4.ClH/c1-3-12-4-2-10(1)7-14-9-11-8-13-5-6-15-11;/h5-6,8,10,12,14H,1-4,7,9H2;1H. The number of hydrogen-bond donors (Lipinski definition) is 2. The second-order valence-electron chi connectivity index (χ2n) is 4.02. The molecule has 0 radical (unpaired) electrons. The van der Waals surface area contributed by atoms with Crippen molar-refractivity contribution >= 4 is 12.4 Å². The topological polar surface area (TPSA) is 49.8 Å². The van der Waals surface area contributed by atoms with Crippen LogP contribution in [0.15, 0.2) is 18.6 Å². The van der Waals surface area contributed by atoms with E-state index in [-0.39, 0.29) is 12.4 Å². The van der Waals surface area contributed by atoms with E-state index in [4.69, 9.17) is 0 Å². The first kappa shape index (κ1) is 13.4. The Labute approximate surface area is 103 Å². The van der Waals surface area contributed by atoms with E-state index >= 15 is 0 Å². The molecule has 2 rings (SSSR count). The molecule has 1 fully saturated rings. The summed E-state index contributed by atoms with van der Waals surface area (Å²) in [6.07, 6.45) is 7.83. The highest BCUT2D eigenvalue weighted by molar-refractivity contribution is 5.85. The Morgan fingerprint density at radius 1 is 1.31 bits per heavy atom. The van der Waals surface area contributed by atoms with Gasteiger partial charge in [-0.1, -0.05) is 0 Å². The Morgan fingerprint density at radius 2 is 2.12 bits per heavy atom. The van der Waals surface area contributed by atoms with Crippen LogP contribution >= 0.6 is 12.4 Å². The van der Waals surface area contributed by atoms with E-state index in [2.05, 4.69) is 20.6 Å². The maximum absolute atomic E-state index is 4.22. The van der Waals surface area contributed by atoms with Crippen LogP contribution < -0.4 is 10.6 Å². The van der Waals surface area contributed by atoms with Gasteiger partial charge in [0.25, 0.3) is 0 Å². The number of rotatable bonds is 4. The average molecular weight is 243 g/mol. The maximum atomic E-state index is 4.22. The summed E-state index contributed by atoms with van der Waals surface area (Å²) in [6.45, 7) is 4.25. The summed E-state index contributed by atoms with van der Waals surface area (Å²) in [7, 11) is 0. The van der Waals surface area contributed by atoms with Crippen LogP contribution in [0.3, 0.4) is 0 Å². The number of aromatic nitrogens is 2. The minimum absolute atomic E-state index is 0. The first-order valence-electron chi connectivity index (χ1n) is 5.61. The van der Waals surface area contributed by atoms with E-state index in [9.17, 15) is 0 Å². The second-order valence-corrected chi connectivity index (χ2v) is 4.02. The van der Waals surface area contributed by atoms with Gasteiger partial charge in [-0.05, 0) is 38.4 Å². The Balaban J connectivity index is 0.00000128. The minimum Gasteiger partial charge on any atom is -0.317 e. The van der Waals surface area contributed by atoms with Gasteiger partial charge in [0, 0.05) is 25.1 Å². The fourth-order valence-corrected chi connectivity index (χ4v) is 1.91. The molecule has 1 aliphatic rings. The quantitative estimate of drug-likeness (QED) is 0.827. The third-order valence-corrected chi connectivity index (χ3v) is 2.81. The molecule has 2 heterocycles. The lowest BCUT2D eigenvalue weighted by atomic mass is 9.98. The van der Waals surface area contributed by atoms with Crippen molar-refractivity contribution in [3.8, 4) is 0 Å². The van der Waals surface area contributed by atoms with Crippen LogP contribution in [0.5, 0.6) is 0 Å².